The summed E-state index contributed by atoms with van der Waals surface area (Å²) < 4.78 is 26.4. The van der Waals surface area contributed by atoms with Gasteiger partial charge in [-0.2, -0.15) is 0 Å². The van der Waals surface area contributed by atoms with Crippen LogP contribution in [0, 0.1) is 0 Å². The Labute approximate surface area is 449 Å². The van der Waals surface area contributed by atoms with E-state index in [1.807, 2.05) is 76.2 Å². The molecule has 6 heteroatoms. The zero-order valence-corrected chi connectivity index (χ0v) is 44.7. The molecule has 2 aliphatic carbocycles. The molecule has 2 aliphatic rings. The summed E-state index contributed by atoms with van der Waals surface area (Å²) in [5.74, 6) is 0. The van der Waals surface area contributed by atoms with Crippen molar-refractivity contribution >= 4 is 87.8 Å². The van der Waals surface area contributed by atoms with E-state index >= 15 is 0 Å². The Morgan fingerprint density at radius 2 is 0.679 bits per heavy atom. The maximum Gasteiger partial charge on any atom is 0.136 e. The second-order valence-electron chi connectivity index (χ2n) is 24.2. The number of rotatable bonds is 5. The SMILES string of the molecule is CC(C)(O)c1cc(-c2cccc3oc4cc(-c5ccc6c(c5)oc5ccc7c(c56)-c5cc6c(cc5C7(C)C)-c5c(ccc7oc8ccccc8c57)C6(C)C)ccc4c23)c(C(C)(C)O)cc1-c1cccc2oc3ccccc3c12. The molecule has 4 heterocycles. The molecule has 78 heavy (non-hydrogen) atoms. The lowest BCUT2D eigenvalue weighted by Gasteiger charge is -2.29. The van der Waals surface area contributed by atoms with Gasteiger partial charge in [-0.15, -0.1) is 0 Å². The third kappa shape index (κ3) is 6.04. The molecule has 10 aromatic carbocycles. The molecule has 378 valence electrons. The van der Waals surface area contributed by atoms with E-state index in [0.29, 0.717) is 0 Å². The summed E-state index contributed by atoms with van der Waals surface area (Å²) >= 11 is 0. The van der Waals surface area contributed by atoms with Gasteiger partial charge >= 0.3 is 0 Å². The quantitative estimate of drug-likeness (QED) is 0.178. The van der Waals surface area contributed by atoms with Gasteiger partial charge in [-0.05, 0) is 202 Å². The average molecular weight is 1020 g/mol. The van der Waals surface area contributed by atoms with Gasteiger partial charge in [-0.25, -0.2) is 0 Å². The van der Waals surface area contributed by atoms with Crippen molar-refractivity contribution in [2.45, 2.75) is 77.4 Å². The van der Waals surface area contributed by atoms with Crippen LogP contribution in [0.3, 0.4) is 0 Å². The number of benzene rings is 10. The van der Waals surface area contributed by atoms with Gasteiger partial charge in [0.1, 0.15) is 44.7 Å². The minimum Gasteiger partial charge on any atom is -0.456 e. The summed E-state index contributed by atoms with van der Waals surface area (Å²) in [4.78, 5) is 0. The number of fused-ring (bicyclic) bond motifs is 20. The third-order valence-electron chi connectivity index (χ3n) is 17.9. The van der Waals surface area contributed by atoms with E-state index in [1.165, 1.54) is 49.9 Å². The number of aliphatic hydroxyl groups is 2. The van der Waals surface area contributed by atoms with E-state index in [0.717, 1.165) is 127 Å². The first-order chi connectivity index (χ1) is 37.4. The number of furan rings is 4. The van der Waals surface area contributed by atoms with Gasteiger partial charge in [0.25, 0.3) is 0 Å². The maximum atomic E-state index is 12.1. The smallest absolute Gasteiger partial charge is 0.136 e. The highest BCUT2D eigenvalue weighted by Gasteiger charge is 2.44. The lowest BCUT2D eigenvalue weighted by atomic mass is 9.79. The molecule has 0 aliphatic heterocycles. The molecule has 0 radical (unpaired) electrons. The lowest BCUT2D eigenvalue weighted by molar-refractivity contribution is 0.0753. The van der Waals surface area contributed by atoms with Gasteiger partial charge < -0.3 is 27.9 Å². The van der Waals surface area contributed by atoms with Crippen molar-refractivity contribution in [2.75, 3.05) is 0 Å². The Balaban J connectivity index is 0.818. The number of hydrogen-bond acceptors (Lipinski definition) is 6. The monoisotopic (exact) mass is 1010 g/mol. The standard InChI is InChI=1S/C72H54O6/c1-69(2)49-27-29-59-67(42-16-10-12-20-56(42)76-59)65(49)47-35-52-48(36-51(47)69)66-50(70(52,3)4)28-30-60-68(66)44-26-24-38(32-62(44)78-60)37-23-25-43-61(31-37)77-58-22-14-18-40(64(43)58)46-34-53(71(5,6)73)45(33-54(46)72(7,8)74)39-17-13-21-57-63(39)41-15-9-11-19-55(41)75-57/h9-36,73-74H,1-8H3. The second-order valence-corrected chi connectivity index (χ2v) is 24.2. The Morgan fingerprint density at radius 1 is 0.308 bits per heavy atom. The Morgan fingerprint density at radius 3 is 1.13 bits per heavy atom. The first-order valence-corrected chi connectivity index (χ1v) is 27.1. The Hall–Kier alpha value is -8.68. The summed E-state index contributed by atoms with van der Waals surface area (Å²) in [6, 6.07) is 59.6. The molecule has 0 fully saturated rings. The van der Waals surface area contributed by atoms with Crippen LogP contribution in [0.15, 0.2) is 188 Å². The Kier molecular flexibility index (Phi) is 8.79. The molecular formula is C72H54O6. The zero-order valence-electron chi connectivity index (χ0n) is 44.7. The topological polar surface area (TPSA) is 93.0 Å². The van der Waals surface area contributed by atoms with Crippen LogP contribution in [0.1, 0.15) is 88.8 Å². The van der Waals surface area contributed by atoms with Gasteiger partial charge in [0.2, 0.25) is 0 Å². The molecule has 0 unspecified atom stereocenters. The van der Waals surface area contributed by atoms with Crippen LogP contribution in [-0.4, -0.2) is 10.2 Å². The van der Waals surface area contributed by atoms with Gasteiger partial charge in [0.05, 0.1) is 11.2 Å². The summed E-state index contributed by atoms with van der Waals surface area (Å²) in [5, 5.41) is 32.6. The van der Waals surface area contributed by atoms with Gasteiger partial charge in [0, 0.05) is 53.9 Å². The van der Waals surface area contributed by atoms with E-state index in [-0.39, 0.29) is 10.8 Å². The predicted molar refractivity (Wildman–Crippen MR) is 317 cm³/mol. The summed E-state index contributed by atoms with van der Waals surface area (Å²) in [6.45, 7) is 16.7. The third-order valence-corrected chi connectivity index (χ3v) is 17.9. The van der Waals surface area contributed by atoms with Crippen molar-refractivity contribution in [3.05, 3.63) is 203 Å². The molecule has 0 saturated heterocycles. The fourth-order valence-corrected chi connectivity index (χ4v) is 14.1. The lowest BCUT2D eigenvalue weighted by Crippen LogP contribution is -2.21. The first kappa shape index (κ1) is 45.5. The van der Waals surface area contributed by atoms with Crippen LogP contribution in [0.25, 0.3) is 143 Å². The number of para-hydroxylation sites is 2. The predicted octanol–water partition coefficient (Wildman–Crippen LogP) is 19.4. The van der Waals surface area contributed by atoms with Gasteiger partial charge in [-0.1, -0.05) is 113 Å². The molecule has 0 spiro atoms. The zero-order chi connectivity index (χ0) is 53.1. The Bertz CT molecular complexity index is 4990. The fraction of sp³-hybridized carbons (Fsp3) is 0.167. The minimum atomic E-state index is -1.26. The number of hydrogen-bond donors (Lipinski definition) is 2. The first-order valence-electron chi connectivity index (χ1n) is 27.1. The highest BCUT2D eigenvalue weighted by atomic mass is 16.3. The summed E-state index contributed by atoms with van der Waals surface area (Å²) in [6.07, 6.45) is 0. The average Bonchev–Trinajstić information content (AvgIpc) is 4.31. The van der Waals surface area contributed by atoms with Crippen LogP contribution >= 0.6 is 0 Å². The molecule has 2 N–H and O–H groups in total. The van der Waals surface area contributed by atoms with Crippen molar-refractivity contribution in [1.29, 1.82) is 0 Å². The molecule has 0 bridgehead atoms. The highest BCUT2D eigenvalue weighted by Crippen LogP contribution is 2.60. The maximum absolute atomic E-state index is 12.1. The largest absolute Gasteiger partial charge is 0.456 e. The molecule has 0 atom stereocenters. The van der Waals surface area contributed by atoms with Crippen molar-refractivity contribution in [3.8, 4) is 55.6 Å². The van der Waals surface area contributed by atoms with E-state index in [1.54, 1.807) is 0 Å². The molecule has 16 rings (SSSR count). The molecule has 0 saturated carbocycles. The van der Waals surface area contributed by atoms with Crippen molar-refractivity contribution in [2.24, 2.45) is 0 Å². The van der Waals surface area contributed by atoms with Crippen LogP contribution < -0.4 is 0 Å². The second kappa shape index (κ2) is 15.1. The van der Waals surface area contributed by atoms with Gasteiger partial charge in [0.15, 0.2) is 0 Å². The van der Waals surface area contributed by atoms with E-state index in [9.17, 15) is 10.2 Å². The summed E-state index contributed by atoms with van der Waals surface area (Å²) in [5.41, 5.74) is 21.0. The van der Waals surface area contributed by atoms with E-state index in [2.05, 4.69) is 149 Å². The van der Waals surface area contributed by atoms with Crippen molar-refractivity contribution in [3.63, 3.8) is 0 Å². The molecule has 6 nitrogen and oxygen atoms in total. The van der Waals surface area contributed by atoms with Crippen LogP contribution in [-0.2, 0) is 22.0 Å². The minimum absolute atomic E-state index is 0.220. The normalized spacial score (nSPS) is 14.7. The van der Waals surface area contributed by atoms with Crippen LogP contribution in [0.4, 0.5) is 0 Å². The molecule has 14 aromatic rings. The van der Waals surface area contributed by atoms with Crippen LogP contribution in [0.5, 0.6) is 0 Å². The van der Waals surface area contributed by atoms with E-state index < -0.39 is 11.2 Å². The highest BCUT2D eigenvalue weighted by molar-refractivity contribution is 6.19. The van der Waals surface area contributed by atoms with Gasteiger partial charge in [-0.3, -0.25) is 0 Å². The van der Waals surface area contributed by atoms with Crippen LogP contribution in [0.2, 0.25) is 0 Å². The van der Waals surface area contributed by atoms with E-state index in [4.69, 9.17) is 17.7 Å². The molecule has 4 aromatic heterocycles. The molecular weight excluding hydrogens is 961 g/mol. The molecule has 0 amide bonds. The van der Waals surface area contributed by atoms with Crippen molar-refractivity contribution in [1.82, 2.24) is 0 Å². The van der Waals surface area contributed by atoms with Crippen molar-refractivity contribution < 1.29 is 27.9 Å². The fourth-order valence-electron chi connectivity index (χ4n) is 14.1. The summed E-state index contributed by atoms with van der Waals surface area (Å²) in [7, 11) is 0.